The first kappa shape index (κ1) is 19.8. The highest BCUT2D eigenvalue weighted by Gasteiger charge is 2.43. The molecule has 0 saturated carbocycles. The van der Waals surface area contributed by atoms with Gasteiger partial charge in [0.2, 0.25) is 5.91 Å². The number of nitrogens with one attached hydrogen (secondary N) is 1. The molecule has 2 fully saturated rings. The first-order valence-electron chi connectivity index (χ1n) is 10.5. The van der Waals surface area contributed by atoms with Crippen LogP contribution >= 0.6 is 0 Å². The van der Waals surface area contributed by atoms with E-state index in [4.69, 9.17) is 0 Å². The molecule has 1 N–H and O–H groups in total. The smallest absolute Gasteiger partial charge is 0.267 e. The van der Waals surface area contributed by atoms with Crippen LogP contribution in [0.2, 0.25) is 0 Å². The molecule has 5 rings (SSSR count). The van der Waals surface area contributed by atoms with Gasteiger partial charge in [-0.15, -0.1) is 5.10 Å². The van der Waals surface area contributed by atoms with Gasteiger partial charge >= 0.3 is 0 Å². The van der Waals surface area contributed by atoms with E-state index in [-0.39, 0.29) is 24.9 Å². The summed E-state index contributed by atoms with van der Waals surface area (Å²) in [5.74, 6) is -3.03. The molecule has 2 aliphatic rings. The summed E-state index contributed by atoms with van der Waals surface area (Å²) in [7, 11) is 0. The normalized spacial score (nSPS) is 22.7. The number of benzene rings is 2. The standard InChI is InChI=1S/C23H23F2N5O/c24-23(25)10-11-29(15-23)22(31)20-12-19(13-26-20)30-14-21(27-28-30)18-8-6-17(7-9-18)16-4-2-1-3-5-16/h1-9,14,19-20,26H,10-13,15H2/t19-,20-/m0/s1. The van der Waals surface area contributed by atoms with Gasteiger partial charge in [-0.2, -0.15) is 0 Å². The first-order valence-corrected chi connectivity index (χ1v) is 10.5. The van der Waals surface area contributed by atoms with E-state index in [1.807, 2.05) is 36.5 Å². The number of hydrogen-bond donors (Lipinski definition) is 1. The number of rotatable bonds is 4. The molecule has 0 unspecified atom stereocenters. The van der Waals surface area contributed by atoms with E-state index in [0.717, 1.165) is 22.4 Å². The molecule has 1 amide bonds. The van der Waals surface area contributed by atoms with Crippen molar-refractivity contribution in [1.29, 1.82) is 0 Å². The lowest BCUT2D eigenvalue weighted by molar-refractivity contribution is -0.133. The molecular weight excluding hydrogens is 400 g/mol. The maximum atomic E-state index is 13.4. The lowest BCUT2D eigenvalue weighted by atomic mass is 10.0. The molecule has 8 heteroatoms. The first-order chi connectivity index (χ1) is 15.0. The fraction of sp³-hybridized carbons (Fsp3) is 0.348. The van der Waals surface area contributed by atoms with Crippen LogP contribution in [0.15, 0.2) is 60.8 Å². The summed E-state index contributed by atoms with van der Waals surface area (Å²) in [5, 5.41) is 11.7. The second-order valence-corrected chi connectivity index (χ2v) is 8.24. The number of carbonyl (C=O) groups excluding carboxylic acids is 1. The molecule has 3 heterocycles. The van der Waals surface area contributed by atoms with Gasteiger partial charge in [0.15, 0.2) is 0 Å². The number of halogens is 2. The molecule has 1 aromatic heterocycles. The van der Waals surface area contributed by atoms with Crippen LogP contribution in [0.1, 0.15) is 18.9 Å². The largest absolute Gasteiger partial charge is 0.335 e. The van der Waals surface area contributed by atoms with Crippen molar-refractivity contribution in [2.45, 2.75) is 30.8 Å². The Morgan fingerprint density at radius 3 is 2.45 bits per heavy atom. The van der Waals surface area contributed by atoms with Gasteiger partial charge in [0, 0.05) is 25.1 Å². The van der Waals surface area contributed by atoms with Crippen LogP contribution in [0.25, 0.3) is 22.4 Å². The monoisotopic (exact) mass is 423 g/mol. The van der Waals surface area contributed by atoms with Gasteiger partial charge in [-0.05, 0) is 17.5 Å². The summed E-state index contributed by atoms with van der Waals surface area (Å²) in [6.45, 7) is 0.179. The number of hydrogen-bond acceptors (Lipinski definition) is 4. The van der Waals surface area contributed by atoms with Crippen molar-refractivity contribution in [3.05, 3.63) is 60.8 Å². The van der Waals surface area contributed by atoms with Crippen molar-refractivity contribution in [3.8, 4) is 22.4 Å². The Bertz CT molecular complexity index is 1070. The second-order valence-electron chi connectivity index (χ2n) is 8.24. The Balaban J connectivity index is 1.24. The Morgan fingerprint density at radius 2 is 1.74 bits per heavy atom. The summed E-state index contributed by atoms with van der Waals surface area (Å²) in [6, 6.07) is 17.8. The topological polar surface area (TPSA) is 63.1 Å². The number of nitrogens with zero attached hydrogens (tertiary/aromatic N) is 4. The van der Waals surface area contributed by atoms with E-state index in [0.29, 0.717) is 13.0 Å². The number of alkyl halides is 2. The van der Waals surface area contributed by atoms with E-state index in [1.54, 1.807) is 4.68 Å². The summed E-state index contributed by atoms with van der Waals surface area (Å²) < 4.78 is 28.6. The van der Waals surface area contributed by atoms with Gasteiger partial charge in [-0.3, -0.25) is 4.79 Å². The van der Waals surface area contributed by atoms with Crippen molar-refractivity contribution in [1.82, 2.24) is 25.2 Å². The minimum atomic E-state index is -2.77. The molecule has 2 aliphatic heterocycles. The van der Waals surface area contributed by atoms with Gasteiger partial charge in [-0.25, -0.2) is 13.5 Å². The van der Waals surface area contributed by atoms with E-state index >= 15 is 0 Å². The van der Waals surface area contributed by atoms with Crippen LogP contribution in [-0.4, -0.2) is 57.4 Å². The third-order valence-electron chi connectivity index (χ3n) is 6.06. The minimum Gasteiger partial charge on any atom is -0.335 e. The summed E-state index contributed by atoms with van der Waals surface area (Å²) in [4.78, 5) is 13.8. The van der Waals surface area contributed by atoms with Crippen LogP contribution in [0.3, 0.4) is 0 Å². The maximum absolute atomic E-state index is 13.4. The molecule has 6 nitrogen and oxygen atoms in total. The molecule has 2 atom stereocenters. The quantitative estimate of drug-likeness (QED) is 0.699. The number of carbonyl (C=O) groups is 1. The maximum Gasteiger partial charge on any atom is 0.267 e. The molecule has 0 bridgehead atoms. The highest BCUT2D eigenvalue weighted by molar-refractivity contribution is 5.82. The molecule has 31 heavy (non-hydrogen) atoms. The average Bonchev–Trinajstić information content (AvgIpc) is 3.53. The highest BCUT2D eigenvalue weighted by atomic mass is 19.3. The molecule has 0 aliphatic carbocycles. The van der Waals surface area contributed by atoms with E-state index in [1.165, 1.54) is 4.90 Å². The summed E-state index contributed by atoms with van der Waals surface area (Å²) >= 11 is 0. The third-order valence-corrected chi connectivity index (χ3v) is 6.06. The molecule has 2 aromatic carbocycles. The lowest BCUT2D eigenvalue weighted by Crippen LogP contribution is -2.43. The van der Waals surface area contributed by atoms with Gasteiger partial charge in [0.25, 0.3) is 5.92 Å². The molecular formula is C23H23F2N5O. The number of aromatic nitrogens is 3. The predicted molar refractivity (Wildman–Crippen MR) is 112 cm³/mol. The van der Waals surface area contributed by atoms with Gasteiger partial charge in [0.1, 0.15) is 5.69 Å². The SMILES string of the molecule is O=C([C@@H]1C[C@H](n2cc(-c3ccc(-c4ccccc4)cc3)nn2)CN1)N1CCC(F)(F)C1. The van der Waals surface area contributed by atoms with Crippen LogP contribution < -0.4 is 5.32 Å². The van der Waals surface area contributed by atoms with Crippen LogP contribution in [0.4, 0.5) is 8.78 Å². The van der Waals surface area contributed by atoms with Gasteiger partial charge in [-0.1, -0.05) is 59.8 Å². The van der Waals surface area contributed by atoms with Gasteiger partial charge < -0.3 is 10.2 Å². The zero-order valence-corrected chi connectivity index (χ0v) is 16.9. The highest BCUT2D eigenvalue weighted by Crippen LogP contribution is 2.30. The molecule has 3 aromatic rings. The zero-order valence-electron chi connectivity index (χ0n) is 16.9. The fourth-order valence-corrected chi connectivity index (χ4v) is 4.30. The Hall–Kier alpha value is -3.13. The van der Waals surface area contributed by atoms with E-state index in [2.05, 4.69) is 39.9 Å². The van der Waals surface area contributed by atoms with E-state index < -0.39 is 18.5 Å². The Labute approximate surface area is 178 Å². The Kier molecular flexibility index (Phi) is 5.02. The van der Waals surface area contributed by atoms with Crippen LogP contribution in [0, 0.1) is 0 Å². The predicted octanol–water partition coefficient (Wildman–Crippen LogP) is 3.38. The summed E-state index contributed by atoms with van der Waals surface area (Å²) in [6.07, 6.45) is 2.13. The Morgan fingerprint density at radius 1 is 1.03 bits per heavy atom. The van der Waals surface area contributed by atoms with Crippen LogP contribution in [-0.2, 0) is 4.79 Å². The van der Waals surface area contributed by atoms with E-state index in [9.17, 15) is 13.6 Å². The number of likely N-dealkylation sites (tertiary alicyclic amines) is 1. The van der Waals surface area contributed by atoms with Crippen LogP contribution in [0.5, 0.6) is 0 Å². The second kappa shape index (κ2) is 7.85. The molecule has 2 saturated heterocycles. The van der Waals surface area contributed by atoms with Gasteiger partial charge in [0.05, 0.1) is 24.8 Å². The molecule has 0 spiro atoms. The van der Waals surface area contributed by atoms with Crippen molar-refractivity contribution >= 4 is 5.91 Å². The summed E-state index contributed by atoms with van der Waals surface area (Å²) in [5.41, 5.74) is 4.00. The average molecular weight is 423 g/mol. The fourth-order valence-electron chi connectivity index (χ4n) is 4.30. The van der Waals surface area contributed by atoms with Crippen molar-refractivity contribution < 1.29 is 13.6 Å². The zero-order chi connectivity index (χ0) is 21.4. The van der Waals surface area contributed by atoms with Crippen molar-refractivity contribution in [3.63, 3.8) is 0 Å². The third kappa shape index (κ3) is 4.07. The van der Waals surface area contributed by atoms with Crippen molar-refractivity contribution in [2.75, 3.05) is 19.6 Å². The lowest BCUT2D eigenvalue weighted by Gasteiger charge is -2.20. The van der Waals surface area contributed by atoms with Crippen molar-refractivity contribution in [2.24, 2.45) is 0 Å². The minimum absolute atomic E-state index is 0.0399. The number of amides is 1. The molecule has 0 radical (unpaired) electrons. The molecule has 160 valence electrons.